The molecule has 2 N–H and O–H groups in total. The van der Waals surface area contributed by atoms with Crippen LogP contribution in [0.25, 0.3) is 0 Å². The molecule has 0 atom stereocenters. The first-order chi connectivity index (χ1) is 9.29. The maximum Gasteiger partial charge on any atom is 0.224 e. The third-order valence-electron chi connectivity index (χ3n) is 2.89. The number of ether oxygens (including phenoxy) is 1. The Bertz CT molecular complexity index is 398. The van der Waals surface area contributed by atoms with E-state index in [2.05, 4.69) is 36.5 Å². The van der Waals surface area contributed by atoms with E-state index in [0.29, 0.717) is 5.95 Å². The highest BCUT2D eigenvalue weighted by Crippen LogP contribution is 2.28. The van der Waals surface area contributed by atoms with Gasteiger partial charge >= 0.3 is 0 Å². The van der Waals surface area contributed by atoms with Gasteiger partial charge in [-0.2, -0.15) is 4.98 Å². The topological polar surface area (TPSA) is 59.1 Å². The Balaban J connectivity index is 1.66. The highest BCUT2D eigenvalue weighted by Gasteiger charge is 2.20. The second kappa shape index (κ2) is 7.65. The van der Waals surface area contributed by atoms with Crippen LogP contribution in [0.3, 0.4) is 0 Å². The van der Waals surface area contributed by atoms with Gasteiger partial charge in [0.2, 0.25) is 5.95 Å². The number of halogens is 1. The molecule has 0 bridgehead atoms. The van der Waals surface area contributed by atoms with Crippen LogP contribution in [0.5, 0.6) is 0 Å². The molecular weight excluding hydrogens is 308 g/mol. The third-order valence-corrected chi connectivity index (χ3v) is 3.47. The summed E-state index contributed by atoms with van der Waals surface area (Å²) < 4.78 is 6.47. The largest absolute Gasteiger partial charge is 0.381 e. The predicted molar refractivity (Wildman–Crippen MR) is 80.5 cm³/mol. The van der Waals surface area contributed by atoms with Crippen LogP contribution in [-0.2, 0) is 4.74 Å². The number of nitrogens with zero attached hydrogens (tertiary/aromatic N) is 2. The standard InChI is InChI=1S/C13H21BrN4O/c1-2-15-13-17-8-11(14)12(18-13)16-6-3-7-19-9-10-4-5-10/h8,10H,2-7,9H2,1H3,(H2,15,16,17,18). The molecule has 1 aliphatic rings. The molecule has 2 rings (SSSR count). The summed E-state index contributed by atoms with van der Waals surface area (Å²) in [5.41, 5.74) is 0. The van der Waals surface area contributed by atoms with Crippen molar-refractivity contribution in [2.24, 2.45) is 5.92 Å². The Kier molecular flexibility index (Phi) is 5.85. The molecule has 1 aliphatic carbocycles. The zero-order valence-electron chi connectivity index (χ0n) is 11.3. The number of hydrogen-bond acceptors (Lipinski definition) is 5. The number of anilines is 2. The van der Waals surface area contributed by atoms with E-state index < -0.39 is 0 Å². The van der Waals surface area contributed by atoms with Gasteiger partial charge in [-0.1, -0.05) is 0 Å². The Morgan fingerprint density at radius 1 is 1.42 bits per heavy atom. The molecule has 0 amide bonds. The summed E-state index contributed by atoms with van der Waals surface area (Å²) in [4.78, 5) is 8.58. The van der Waals surface area contributed by atoms with Gasteiger partial charge in [0, 0.05) is 32.5 Å². The van der Waals surface area contributed by atoms with Gasteiger partial charge < -0.3 is 15.4 Å². The molecule has 6 heteroatoms. The van der Waals surface area contributed by atoms with Crippen molar-refractivity contribution in [2.45, 2.75) is 26.2 Å². The molecule has 1 heterocycles. The van der Waals surface area contributed by atoms with Gasteiger partial charge in [0.25, 0.3) is 0 Å². The van der Waals surface area contributed by atoms with Crippen molar-refractivity contribution >= 4 is 27.7 Å². The summed E-state index contributed by atoms with van der Waals surface area (Å²) >= 11 is 3.45. The van der Waals surface area contributed by atoms with Crippen molar-refractivity contribution in [3.8, 4) is 0 Å². The maximum atomic E-state index is 5.59. The monoisotopic (exact) mass is 328 g/mol. The lowest BCUT2D eigenvalue weighted by molar-refractivity contribution is 0.124. The van der Waals surface area contributed by atoms with Crippen LogP contribution in [0.2, 0.25) is 0 Å². The minimum atomic E-state index is 0.651. The van der Waals surface area contributed by atoms with Crippen LogP contribution in [0, 0.1) is 5.92 Å². The minimum absolute atomic E-state index is 0.651. The minimum Gasteiger partial charge on any atom is -0.381 e. The molecule has 0 radical (unpaired) electrons. The average Bonchev–Trinajstić information content (AvgIpc) is 3.21. The molecule has 19 heavy (non-hydrogen) atoms. The fourth-order valence-corrected chi connectivity index (χ4v) is 1.98. The quantitative estimate of drug-likeness (QED) is 0.682. The molecule has 0 saturated heterocycles. The Morgan fingerprint density at radius 3 is 3.00 bits per heavy atom. The van der Waals surface area contributed by atoms with E-state index >= 15 is 0 Å². The highest BCUT2D eigenvalue weighted by atomic mass is 79.9. The first kappa shape index (κ1) is 14.5. The normalized spacial score (nSPS) is 14.4. The van der Waals surface area contributed by atoms with Gasteiger partial charge in [-0.25, -0.2) is 4.98 Å². The fourth-order valence-electron chi connectivity index (χ4n) is 1.65. The number of aromatic nitrogens is 2. The van der Waals surface area contributed by atoms with E-state index in [9.17, 15) is 0 Å². The van der Waals surface area contributed by atoms with Crippen molar-refractivity contribution in [2.75, 3.05) is 36.9 Å². The molecular formula is C13H21BrN4O. The van der Waals surface area contributed by atoms with Crippen LogP contribution in [0.15, 0.2) is 10.7 Å². The van der Waals surface area contributed by atoms with Crippen molar-refractivity contribution < 1.29 is 4.74 Å². The smallest absolute Gasteiger partial charge is 0.224 e. The van der Waals surface area contributed by atoms with Crippen molar-refractivity contribution in [3.05, 3.63) is 10.7 Å². The predicted octanol–water partition coefficient (Wildman–Crippen LogP) is 2.90. The Labute approximate surface area is 122 Å². The summed E-state index contributed by atoms with van der Waals surface area (Å²) in [5.74, 6) is 2.32. The van der Waals surface area contributed by atoms with E-state index in [0.717, 1.165) is 48.9 Å². The number of nitrogens with one attached hydrogen (secondary N) is 2. The molecule has 0 unspecified atom stereocenters. The Morgan fingerprint density at radius 2 is 2.26 bits per heavy atom. The van der Waals surface area contributed by atoms with Gasteiger partial charge in [0.15, 0.2) is 0 Å². The lowest BCUT2D eigenvalue weighted by Crippen LogP contribution is -2.10. The summed E-state index contributed by atoms with van der Waals surface area (Å²) in [5, 5.41) is 6.40. The van der Waals surface area contributed by atoms with Gasteiger partial charge in [0.1, 0.15) is 5.82 Å². The van der Waals surface area contributed by atoms with Crippen LogP contribution < -0.4 is 10.6 Å². The molecule has 106 valence electrons. The van der Waals surface area contributed by atoms with Crippen molar-refractivity contribution in [1.29, 1.82) is 0 Å². The number of hydrogen-bond donors (Lipinski definition) is 2. The lowest BCUT2D eigenvalue weighted by atomic mass is 10.4. The zero-order chi connectivity index (χ0) is 13.5. The molecule has 1 fully saturated rings. The first-order valence-corrected chi connectivity index (χ1v) is 7.67. The molecule has 1 aromatic rings. The van der Waals surface area contributed by atoms with E-state index in [1.807, 2.05) is 6.92 Å². The SMILES string of the molecule is CCNc1ncc(Br)c(NCCCOCC2CC2)n1. The van der Waals surface area contributed by atoms with Crippen LogP contribution in [0.4, 0.5) is 11.8 Å². The van der Waals surface area contributed by atoms with E-state index in [1.165, 1.54) is 12.8 Å². The van der Waals surface area contributed by atoms with Crippen LogP contribution in [0.1, 0.15) is 26.2 Å². The molecule has 5 nitrogen and oxygen atoms in total. The molecule has 0 aromatic carbocycles. The highest BCUT2D eigenvalue weighted by molar-refractivity contribution is 9.10. The molecule has 1 aromatic heterocycles. The second-order valence-electron chi connectivity index (χ2n) is 4.72. The molecule has 1 saturated carbocycles. The summed E-state index contributed by atoms with van der Waals surface area (Å²) in [7, 11) is 0. The number of rotatable bonds is 9. The average molecular weight is 329 g/mol. The van der Waals surface area contributed by atoms with Crippen LogP contribution >= 0.6 is 15.9 Å². The van der Waals surface area contributed by atoms with E-state index in [1.54, 1.807) is 6.20 Å². The summed E-state index contributed by atoms with van der Waals surface area (Å²) in [6, 6.07) is 0. The van der Waals surface area contributed by atoms with Gasteiger partial charge in [-0.15, -0.1) is 0 Å². The molecule has 0 aliphatic heterocycles. The second-order valence-corrected chi connectivity index (χ2v) is 5.57. The van der Waals surface area contributed by atoms with Gasteiger partial charge in [0.05, 0.1) is 4.47 Å². The van der Waals surface area contributed by atoms with E-state index in [-0.39, 0.29) is 0 Å². The van der Waals surface area contributed by atoms with Gasteiger partial charge in [-0.05, 0) is 48.0 Å². The van der Waals surface area contributed by atoms with Gasteiger partial charge in [-0.3, -0.25) is 0 Å². The summed E-state index contributed by atoms with van der Waals surface area (Å²) in [6.07, 6.45) is 5.44. The van der Waals surface area contributed by atoms with Crippen molar-refractivity contribution in [1.82, 2.24) is 9.97 Å². The molecule has 0 spiro atoms. The summed E-state index contributed by atoms with van der Waals surface area (Å²) in [6.45, 7) is 5.44. The van der Waals surface area contributed by atoms with E-state index in [4.69, 9.17) is 4.74 Å². The fraction of sp³-hybridized carbons (Fsp3) is 0.692. The third kappa shape index (κ3) is 5.32. The van der Waals surface area contributed by atoms with Crippen LogP contribution in [-0.4, -0.2) is 36.3 Å². The zero-order valence-corrected chi connectivity index (χ0v) is 12.9. The lowest BCUT2D eigenvalue weighted by Gasteiger charge is -2.09. The Hall–Kier alpha value is -0.880. The maximum absolute atomic E-state index is 5.59. The van der Waals surface area contributed by atoms with Crippen molar-refractivity contribution in [3.63, 3.8) is 0 Å². The first-order valence-electron chi connectivity index (χ1n) is 6.87.